The second-order valence-electron chi connectivity index (χ2n) is 5.27. The highest BCUT2D eigenvalue weighted by Gasteiger charge is 2.45. The van der Waals surface area contributed by atoms with Crippen molar-refractivity contribution in [3.8, 4) is 0 Å². The van der Waals surface area contributed by atoms with Crippen LogP contribution >= 0.6 is 0 Å². The molecule has 6 heteroatoms. The van der Waals surface area contributed by atoms with Crippen LogP contribution in [-0.4, -0.2) is 43.4 Å². The smallest absolute Gasteiger partial charge is 0.315 e. The van der Waals surface area contributed by atoms with Crippen molar-refractivity contribution in [3.63, 3.8) is 0 Å². The summed E-state index contributed by atoms with van der Waals surface area (Å²) in [6.07, 6.45) is 3.91. The highest BCUT2D eigenvalue weighted by Crippen LogP contribution is 2.38. The number of ether oxygens (including phenoxy) is 1. The zero-order valence-electron chi connectivity index (χ0n) is 11.7. The number of carbonyl (C=O) groups is 2. The van der Waals surface area contributed by atoms with Gasteiger partial charge in [-0.05, 0) is 32.6 Å². The lowest BCUT2D eigenvalue weighted by Crippen LogP contribution is -2.50. The number of carboxylic acids is 1. The third-order valence-corrected chi connectivity index (χ3v) is 3.81. The number of hydrogen-bond acceptors (Lipinski definition) is 3. The SMILES string of the molecule is COCCCCNC(=O)NC1CCCC1(C)C(=O)O. The summed E-state index contributed by atoms with van der Waals surface area (Å²) in [6, 6.07) is -0.569. The Balaban J connectivity index is 2.30. The van der Waals surface area contributed by atoms with Gasteiger partial charge >= 0.3 is 12.0 Å². The summed E-state index contributed by atoms with van der Waals surface area (Å²) in [7, 11) is 1.65. The van der Waals surface area contributed by atoms with E-state index in [9.17, 15) is 14.7 Å². The van der Waals surface area contributed by atoms with E-state index in [4.69, 9.17) is 4.74 Å². The normalized spacial score (nSPS) is 26.1. The molecule has 0 radical (unpaired) electrons. The number of nitrogens with one attached hydrogen (secondary N) is 2. The van der Waals surface area contributed by atoms with E-state index in [-0.39, 0.29) is 12.1 Å². The fraction of sp³-hybridized carbons (Fsp3) is 0.846. The fourth-order valence-electron chi connectivity index (χ4n) is 2.44. The van der Waals surface area contributed by atoms with Gasteiger partial charge in [0.1, 0.15) is 0 Å². The Labute approximate surface area is 113 Å². The molecule has 0 aromatic carbocycles. The molecule has 0 bridgehead atoms. The molecule has 0 aromatic heterocycles. The van der Waals surface area contributed by atoms with E-state index in [1.165, 1.54) is 0 Å². The summed E-state index contributed by atoms with van der Waals surface area (Å²) in [4.78, 5) is 23.0. The minimum absolute atomic E-state index is 0.281. The predicted molar refractivity (Wildman–Crippen MR) is 71.0 cm³/mol. The van der Waals surface area contributed by atoms with Crippen LogP contribution in [0.15, 0.2) is 0 Å². The molecule has 6 nitrogen and oxygen atoms in total. The number of carboxylic acid groups (broad SMARTS) is 1. The highest BCUT2D eigenvalue weighted by atomic mass is 16.5. The largest absolute Gasteiger partial charge is 0.481 e. The summed E-state index contributed by atoms with van der Waals surface area (Å²) in [5, 5.41) is 14.8. The van der Waals surface area contributed by atoms with Crippen LogP contribution in [-0.2, 0) is 9.53 Å². The Morgan fingerprint density at radius 3 is 2.79 bits per heavy atom. The fourth-order valence-corrected chi connectivity index (χ4v) is 2.44. The maximum Gasteiger partial charge on any atom is 0.315 e. The second kappa shape index (κ2) is 7.33. The molecule has 0 aliphatic heterocycles. The summed E-state index contributed by atoms with van der Waals surface area (Å²) < 4.78 is 4.92. The molecule has 19 heavy (non-hydrogen) atoms. The summed E-state index contributed by atoms with van der Waals surface area (Å²) >= 11 is 0. The Bertz CT molecular complexity index is 322. The number of urea groups is 1. The van der Waals surface area contributed by atoms with Crippen molar-refractivity contribution in [1.29, 1.82) is 0 Å². The van der Waals surface area contributed by atoms with Crippen LogP contribution in [0.5, 0.6) is 0 Å². The molecule has 2 unspecified atom stereocenters. The minimum Gasteiger partial charge on any atom is -0.481 e. The first kappa shape index (κ1) is 15.8. The number of methoxy groups -OCH3 is 1. The van der Waals surface area contributed by atoms with Crippen LogP contribution in [0.3, 0.4) is 0 Å². The van der Waals surface area contributed by atoms with Gasteiger partial charge < -0.3 is 20.5 Å². The number of unbranched alkanes of at least 4 members (excludes halogenated alkanes) is 1. The van der Waals surface area contributed by atoms with Gasteiger partial charge in [0.05, 0.1) is 5.41 Å². The van der Waals surface area contributed by atoms with Crippen LogP contribution in [0.25, 0.3) is 0 Å². The van der Waals surface area contributed by atoms with Crippen molar-refractivity contribution in [2.75, 3.05) is 20.3 Å². The van der Waals surface area contributed by atoms with Crippen LogP contribution in [0.1, 0.15) is 39.0 Å². The van der Waals surface area contributed by atoms with Crippen molar-refractivity contribution < 1.29 is 19.4 Å². The summed E-state index contributed by atoms with van der Waals surface area (Å²) in [5.74, 6) is -0.838. The molecule has 1 saturated carbocycles. The van der Waals surface area contributed by atoms with Crippen molar-refractivity contribution in [2.24, 2.45) is 5.41 Å². The first-order valence-corrected chi connectivity index (χ1v) is 6.77. The van der Waals surface area contributed by atoms with Crippen LogP contribution < -0.4 is 10.6 Å². The van der Waals surface area contributed by atoms with Crippen molar-refractivity contribution in [1.82, 2.24) is 10.6 Å². The third-order valence-electron chi connectivity index (χ3n) is 3.81. The number of hydrogen-bond donors (Lipinski definition) is 3. The van der Waals surface area contributed by atoms with Gasteiger partial charge in [0.2, 0.25) is 0 Å². The molecule has 1 fully saturated rings. The van der Waals surface area contributed by atoms with E-state index >= 15 is 0 Å². The lowest BCUT2D eigenvalue weighted by Gasteiger charge is -2.27. The molecule has 1 rings (SSSR count). The lowest BCUT2D eigenvalue weighted by molar-refractivity contribution is -0.148. The maximum absolute atomic E-state index is 11.7. The van der Waals surface area contributed by atoms with Gasteiger partial charge in [-0.25, -0.2) is 4.79 Å². The summed E-state index contributed by atoms with van der Waals surface area (Å²) in [6.45, 7) is 2.96. The third kappa shape index (κ3) is 4.38. The average Bonchev–Trinajstić information content (AvgIpc) is 2.72. The molecule has 1 aliphatic rings. The number of rotatable bonds is 7. The van der Waals surface area contributed by atoms with Crippen LogP contribution in [0.4, 0.5) is 4.79 Å². The van der Waals surface area contributed by atoms with Crippen LogP contribution in [0, 0.1) is 5.41 Å². The molecule has 1 aliphatic carbocycles. The zero-order valence-corrected chi connectivity index (χ0v) is 11.7. The summed E-state index contributed by atoms with van der Waals surface area (Å²) in [5.41, 5.74) is -0.840. The van der Waals surface area contributed by atoms with E-state index < -0.39 is 11.4 Å². The Morgan fingerprint density at radius 2 is 2.16 bits per heavy atom. The van der Waals surface area contributed by atoms with Crippen molar-refractivity contribution >= 4 is 12.0 Å². The number of aliphatic carboxylic acids is 1. The Kier molecular flexibility index (Phi) is 6.08. The number of amides is 2. The van der Waals surface area contributed by atoms with E-state index in [0.717, 1.165) is 25.7 Å². The van der Waals surface area contributed by atoms with E-state index in [1.54, 1.807) is 14.0 Å². The first-order chi connectivity index (χ1) is 9.00. The average molecular weight is 272 g/mol. The van der Waals surface area contributed by atoms with Gasteiger partial charge in [-0.2, -0.15) is 0 Å². The predicted octanol–water partition coefficient (Wildman–Crippen LogP) is 1.36. The van der Waals surface area contributed by atoms with Crippen LogP contribution in [0.2, 0.25) is 0 Å². The zero-order chi connectivity index (χ0) is 14.3. The molecular weight excluding hydrogens is 248 g/mol. The van der Waals surface area contributed by atoms with E-state index in [1.807, 2.05) is 0 Å². The topological polar surface area (TPSA) is 87.7 Å². The standard InChI is InChI=1S/C13H24N2O4/c1-13(11(16)17)7-5-6-10(13)15-12(18)14-8-3-4-9-19-2/h10H,3-9H2,1-2H3,(H,16,17)(H2,14,15,18). The minimum atomic E-state index is -0.840. The van der Waals surface area contributed by atoms with E-state index in [2.05, 4.69) is 10.6 Å². The quantitative estimate of drug-likeness (QED) is 0.611. The lowest BCUT2D eigenvalue weighted by atomic mass is 9.85. The molecular formula is C13H24N2O4. The molecule has 2 amide bonds. The molecule has 110 valence electrons. The Morgan fingerprint density at radius 1 is 1.42 bits per heavy atom. The second-order valence-corrected chi connectivity index (χ2v) is 5.27. The molecule has 0 aromatic rings. The van der Waals surface area contributed by atoms with Gasteiger partial charge in [0.15, 0.2) is 0 Å². The molecule has 0 spiro atoms. The van der Waals surface area contributed by atoms with Crippen molar-refractivity contribution in [3.05, 3.63) is 0 Å². The van der Waals surface area contributed by atoms with Gasteiger partial charge in [-0.3, -0.25) is 4.79 Å². The Hall–Kier alpha value is -1.30. The first-order valence-electron chi connectivity index (χ1n) is 6.77. The molecule has 3 N–H and O–H groups in total. The number of carbonyl (C=O) groups excluding carboxylic acids is 1. The van der Waals surface area contributed by atoms with Gasteiger partial charge in [0, 0.05) is 26.3 Å². The molecule has 0 saturated heterocycles. The molecule has 2 atom stereocenters. The molecule has 0 heterocycles. The monoisotopic (exact) mass is 272 g/mol. The van der Waals surface area contributed by atoms with Gasteiger partial charge in [-0.15, -0.1) is 0 Å². The highest BCUT2D eigenvalue weighted by molar-refractivity contribution is 5.79. The van der Waals surface area contributed by atoms with Gasteiger partial charge in [0.25, 0.3) is 0 Å². The van der Waals surface area contributed by atoms with E-state index in [0.29, 0.717) is 19.6 Å². The van der Waals surface area contributed by atoms with Crippen molar-refractivity contribution in [2.45, 2.75) is 45.1 Å². The van der Waals surface area contributed by atoms with Gasteiger partial charge in [-0.1, -0.05) is 6.42 Å². The maximum atomic E-state index is 11.7.